The Morgan fingerprint density at radius 1 is 1.50 bits per heavy atom. The quantitative estimate of drug-likeness (QED) is 0.772. The Morgan fingerprint density at radius 2 is 2.25 bits per heavy atom. The van der Waals surface area contributed by atoms with Crippen LogP contribution in [0.5, 0.6) is 0 Å². The minimum Gasteiger partial charge on any atom is -0.368 e. The van der Waals surface area contributed by atoms with E-state index in [0.29, 0.717) is 5.75 Å². The van der Waals surface area contributed by atoms with Crippen molar-refractivity contribution in [3.05, 3.63) is 24.3 Å². The van der Waals surface area contributed by atoms with Crippen molar-refractivity contribution in [2.45, 2.75) is 30.1 Å². The van der Waals surface area contributed by atoms with Crippen LogP contribution in [0.1, 0.15) is 20.3 Å². The lowest BCUT2D eigenvalue weighted by Crippen LogP contribution is -2.55. The highest BCUT2D eigenvalue weighted by Crippen LogP contribution is 2.31. The molecule has 0 spiro atoms. The summed E-state index contributed by atoms with van der Waals surface area (Å²) in [5.41, 5.74) is 5.83. The second kappa shape index (κ2) is 6.56. The number of nitrogens with zero attached hydrogens (tertiary/aromatic N) is 1. The Kier molecular flexibility index (Phi) is 5.01. The van der Waals surface area contributed by atoms with Crippen LogP contribution in [0, 0.1) is 0 Å². The molecule has 0 bridgehead atoms. The summed E-state index contributed by atoms with van der Waals surface area (Å²) in [6, 6.07) is 8.04. The van der Waals surface area contributed by atoms with E-state index in [0.717, 1.165) is 27.5 Å². The van der Waals surface area contributed by atoms with E-state index in [-0.39, 0.29) is 5.91 Å². The van der Waals surface area contributed by atoms with Crippen LogP contribution in [0.15, 0.2) is 28.6 Å². The van der Waals surface area contributed by atoms with Crippen molar-refractivity contribution >= 4 is 39.2 Å². The third-order valence-electron chi connectivity index (χ3n) is 3.07. The van der Waals surface area contributed by atoms with E-state index in [1.807, 2.05) is 25.1 Å². The van der Waals surface area contributed by atoms with E-state index in [2.05, 4.69) is 23.3 Å². The Hall–Kier alpha value is -1.11. The van der Waals surface area contributed by atoms with Gasteiger partial charge in [-0.25, -0.2) is 4.98 Å². The average molecular weight is 309 g/mol. The van der Waals surface area contributed by atoms with Crippen LogP contribution in [-0.4, -0.2) is 28.7 Å². The number of hydrogen-bond donors (Lipinski definition) is 2. The van der Waals surface area contributed by atoms with Gasteiger partial charge in [0.15, 0.2) is 4.34 Å². The fourth-order valence-electron chi connectivity index (χ4n) is 1.73. The van der Waals surface area contributed by atoms with Crippen molar-refractivity contribution in [2.75, 3.05) is 12.3 Å². The zero-order chi connectivity index (χ0) is 14.6. The number of para-hydroxylation sites is 1. The fourth-order valence-corrected chi connectivity index (χ4v) is 3.93. The molecule has 2 rings (SSSR count). The zero-order valence-corrected chi connectivity index (χ0v) is 13.3. The maximum atomic E-state index is 11.6. The molecule has 1 aromatic heterocycles. The van der Waals surface area contributed by atoms with Crippen molar-refractivity contribution in [3.63, 3.8) is 0 Å². The lowest BCUT2D eigenvalue weighted by atomic mass is 10.1. The van der Waals surface area contributed by atoms with Crippen molar-refractivity contribution < 1.29 is 4.79 Å². The number of rotatable bonds is 7. The molecule has 1 amide bonds. The Labute approximate surface area is 127 Å². The lowest BCUT2D eigenvalue weighted by Gasteiger charge is -2.26. The van der Waals surface area contributed by atoms with Crippen molar-refractivity contribution in [3.8, 4) is 0 Å². The molecule has 6 heteroatoms. The van der Waals surface area contributed by atoms with Crippen LogP contribution in [0.4, 0.5) is 0 Å². The van der Waals surface area contributed by atoms with Crippen molar-refractivity contribution in [2.24, 2.45) is 5.73 Å². The third-order valence-corrected chi connectivity index (χ3v) is 5.56. The van der Waals surface area contributed by atoms with Crippen molar-refractivity contribution in [1.29, 1.82) is 0 Å². The summed E-state index contributed by atoms with van der Waals surface area (Å²) in [4.78, 5) is 16.2. The molecule has 1 unspecified atom stereocenters. The molecular formula is C14H19N3OS2. The van der Waals surface area contributed by atoms with Gasteiger partial charge in [-0.1, -0.05) is 30.8 Å². The van der Waals surface area contributed by atoms with Gasteiger partial charge in [0, 0.05) is 5.75 Å². The van der Waals surface area contributed by atoms with Gasteiger partial charge in [0.1, 0.15) is 5.54 Å². The van der Waals surface area contributed by atoms with Gasteiger partial charge >= 0.3 is 0 Å². The number of amides is 1. The summed E-state index contributed by atoms with van der Waals surface area (Å²) in [6.07, 6.45) is 0.967. The number of primary amides is 1. The molecule has 20 heavy (non-hydrogen) atoms. The van der Waals surface area contributed by atoms with Gasteiger partial charge in [0.05, 0.1) is 10.2 Å². The molecule has 0 saturated carbocycles. The molecule has 0 radical (unpaired) electrons. The number of nitrogens with two attached hydrogens (primary N) is 1. The fraction of sp³-hybridized carbons (Fsp3) is 0.429. The van der Waals surface area contributed by atoms with Gasteiger partial charge in [0.25, 0.3) is 0 Å². The SMILES string of the molecule is CCCNC(C)(CSc1nc2ccccc2s1)C(N)=O. The zero-order valence-electron chi connectivity index (χ0n) is 11.7. The number of nitrogens with one attached hydrogen (secondary N) is 1. The van der Waals surface area contributed by atoms with E-state index < -0.39 is 5.54 Å². The first kappa shape index (κ1) is 15.3. The predicted octanol–water partition coefficient (Wildman–Crippen LogP) is 2.63. The number of fused-ring (bicyclic) bond motifs is 1. The number of benzene rings is 1. The maximum absolute atomic E-state index is 11.6. The Morgan fingerprint density at radius 3 is 2.90 bits per heavy atom. The molecule has 3 N–H and O–H groups in total. The standard InChI is InChI=1S/C14H19N3OS2/c1-3-8-16-14(2,12(15)18)9-19-13-17-10-6-4-5-7-11(10)20-13/h4-7,16H,3,8-9H2,1-2H3,(H2,15,18). The first-order chi connectivity index (χ1) is 9.55. The molecule has 4 nitrogen and oxygen atoms in total. The molecule has 0 aliphatic rings. The van der Waals surface area contributed by atoms with Crippen LogP contribution in [-0.2, 0) is 4.79 Å². The summed E-state index contributed by atoms with van der Waals surface area (Å²) in [5, 5.41) is 3.23. The molecule has 0 saturated heterocycles. The van der Waals surface area contributed by atoms with Gasteiger partial charge < -0.3 is 11.1 Å². The molecule has 0 aliphatic heterocycles. The number of thioether (sulfide) groups is 1. The first-order valence-electron chi connectivity index (χ1n) is 6.58. The van der Waals surface area contributed by atoms with E-state index in [9.17, 15) is 4.79 Å². The van der Waals surface area contributed by atoms with Crippen LogP contribution < -0.4 is 11.1 Å². The lowest BCUT2D eigenvalue weighted by molar-refractivity contribution is -0.122. The van der Waals surface area contributed by atoms with E-state index >= 15 is 0 Å². The predicted molar refractivity (Wildman–Crippen MR) is 86.2 cm³/mol. The highest BCUT2D eigenvalue weighted by atomic mass is 32.2. The van der Waals surface area contributed by atoms with E-state index in [1.54, 1.807) is 23.1 Å². The van der Waals surface area contributed by atoms with E-state index in [4.69, 9.17) is 5.73 Å². The van der Waals surface area contributed by atoms with E-state index in [1.165, 1.54) is 0 Å². The Bertz CT molecular complexity index is 566. The Balaban J connectivity index is 2.06. The summed E-state index contributed by atoms with van der Waals surface area (Å²) >= 11 is 3.22. The molecule has 1 atom stereocenters. The minimum absolute atomic E-state index is 0.320. The molecular weight excluding hydrogens is 290 g/mol. The van der Waals surface area contributed by atoms with Crippen LogP contribution >= 0.6 is 23.1 Å². The number of carbonyl (C=O) groups is 1. The molecule has 1 aromatic carbocycles. The topological polar surface area (TPSA) is 68.0 Å². The van der Waals surface area contributed by atoms with Gasteiger partial charge in [-0.3, -0.25) is 4.79 Å². The number of thiazole rings is 1. The third kappa shape index (κ3) is 3.50. The van der Waals surface area contributed by atoms with Gasteiger partial charge in [0.2, 0.25) is 5.91 Å². The van der Waals surface area contributed by atoms with Crippen LogP contribution in [0.2, 0.25) is 0 Å². The highest BCUT2D eigenvalue weighted by molar-refractivity contribution is 8.01. The second-order valence-electron chi connectivity index (χ2n) is 4.86. The average Bonchev–Trinajstić information content (AvgIpc) is 2.85. The molecule has 2 aromatic rings. The maximum Gasteiger partial charge on any atom is 0.238 e. The van der Waals surface area contributed by atoms with Gasteiger partial charge in [-0.05, 0) is 32.0 Å². The number of aromatic nitrogens is 1. The first-order valence-corrected chi connectivity index (χ1v) is 8.38. The monoisotopic (exact) mass is 309 g/mol. The largest absolute Gasteiger partial charge is 0.368 e. The highest BCUT2D eigenvalue weighted by Gasteiger charge is 2.30. The van der Waals surface area contributed by atoms with Crippen LogP contribution in [0.25, 0.3) is 10.2 Å². The van der Waals surface area contributed by atoms with Crippen LogP contribution in [0.3, 0.4) is 0 Å². The number of hydrogen-bond acceptors (Lipinski definition) is 5. The van der Waals surface area contributed by atoms with Gasteiger partial charge in [-0.2, -0.15) is 0 Å². The minimum atomic E-state index is -0.696. The summed E-state index contributed by atoms with van der Waals surface area (Å²) in [5.74, 6) is 0.266. The number of carbonyl (C=O) groups excluding carboxylic acids is 1. The molecule has 1 heterocycles. The molecule has 0 fully saturated rings. The summed E-state index contributed by atoms with van der Waals surface area (Å²) < 4.78 is 2.13. The normalized spacial score (nSPS) is 14.3. The smallest absolute Gasteiger partial charge is 0.238 e. The second-order valence-corrected chi connectivity index (χ2v) is 7.11. The van der Waals surface area contributed by atoms with Gasteiger partial charge in [-0.15, -0.1) is 11.3 Å². The summed E-state index contributed by atoms with van der Waals surface area (Å²) in [7, 11) is 0. The van der Waals surface area contributed by atoms with Crippen molar-refractivity contribution in [1.82, 2.24) is 10.3 Å². The molecule has 108 valence electrons. The summed E-state index contributed by atoms with van der Waals surface area (Å²) in [6.45, 7) is 4.69. The molecule has 0 aliphatic carbocycles.